The molecule has 0 aliphatic carbocycles. The molecule has 20 heavy (non-hydrogen) atoms. The lowest BCUT2D eigenvalue weighted by Gasteiger charge is -2.35. The second kappa shape index (κ2) is 5.28. The summed E-state index contributed by atoms with van der Waals surface area (Å²) in [6, 6.07) is 1.63. The van der Waals surface area contributed by atoms with Gasteiger partial charge in [-0.1, -0.05) is 6.07 Å². The molecule has 2 heterocycles. The van der Waals surface area contributed by atoms with Gasteiger partial charge < -0.3 is 16.0 Å². The predicted octanol–water partition coefficient (Wildman–Crippen LogP) is 0.884. The molecule has 1 saturated heterocycles. The first-order valence-electron chi connectivity index (χ1n) is 6.16. The molecule has 3 N–H and O–H groups in total. The van der Waals surface area contributed by atoms with Crippen LogP contribution >= 0.6 is 0 Å². The number of halogens is 3. The van der Waals surface area contributed by atoms with Crippen LogP contribution in [0.3, 0.4) is 0 Å². The van der Waals surface area contributed by atoms with Crippen molar-refractivity contribution < 1.29 is 18.0 Å². The third-order valence-electron chi connectivity index (χ3n) is 3.24. The Kier molecular flexibility index (Phi) is 3.85. The second-order valence-electron chi connectivity index (χ2n) is 4.54. The van der Waals surface area contributed by atoms with E-state index < -0.39 is 17.9 Å². The molecular formula is C12H15F3N4O. The van der Waals surface area contributed by atoms with E-state index >= 15 is 0 Å². The lowest BCUT2D eigenvalue weighted by atomic mass is 10.1. The molecule has 0 saturated carbocycles. The van der Waals surface area contributed by atoms with E-state index in [1.807, 2.05) is 0 Å². The first kappa shape index (κ1) is 14.6. The van der Waals surface area contributed by atoms with Crippen LogP contribution in [0.5, 0.6) is 0 Å². The van der Waals surface area contributed by atoms with Gasteiger partial charge in [0, 0.05) is 25.2 Å². The summed E-state index contributed by atoms with van der Waals surface area (Å²) >= 11 is 0. The zero-order valence-corrected chi connectivity index (χ0v) is 10.9. The maximum absolute atomic E-state index is 12.8. The normalized spacial score (nSPS) is 19.9. The Labute approximate surface area is 114 Å². The number of nitrogens with two attached hydrogens (primary N) is 1. The summed E-state index contributed by atoms with van der Waals surface area (Å²) in [6.45, 7) is 2.45. The summed E-state index contributed by atoms with van der Waals surface area (Å²) in [5.74, 6) is -0.108. The Balaban J connectivity index is 2.45. The molecule has 1 unspecified atom stereocenters. The van der Waals surface area contributed by atoms with Gasteiger partial charge in [-0.15, -0.1) is 0 Å². The first-order chi connectivity index (χ1) is 9.34. The molecule has 2 rings (SSSR count). The molecule has 1 atom stereocenters. The smallest absolute Gasteiger partial charge is 0.353 e. The molecule has 0 spiro atoms. The van der Waals surface area contributed by atoms with E-state index in [0.29, 0.717) is 18.7 Å². The topological polar surface area (TPSA) is 71.2 Å². The SMILES string of the molecule is CC1C(=O)NCCN1c1nc(C(F)(F)F)ccc1CN. The maximum atomic E-state index is 12.8. The quantitative estimate of drug-likeness (QED) is 0.847. The molecular weight excluding hydrogens is 273 g/mol. The molecule has 8 heteroatoms. The number of nitrogens with zero attached hydrogens (tertiary/aromatic N) is 2. The summed E-state index contributed by atoms with van der Waals surface area (Å²) in [7, 11) is 0. The van der Waals surface area contributed by atoms with E-state index in [9.17, 15) is 18.0 Å². The Morgan fingerprint density at radius 2 is 2.20 bits per heavy atom. The average molecular weight is 288 g/mol. The fourth-order valence-corrected chi connectivity index (χ4v) is 2.11. The molecule has 1 aliphatic rings. The van der Waals surface area contributed by atoms with Gasteiger partial charge in [-0.3, -0.25) is 4.79 Å². The van der Waals surface area contributed by atoms with E-state index in [4.69, 9.17) is 5.73 Å². The molecule has 5 nitrogen and oxygen atoms in total. The maximum Gasteiger partial charge on any atom is 0.433 e. The lowest BCUT2D eigenvalue weighted by Crippen LogP contribution is -2.54. The number of amides is 1. The van der Waals surface area contributed by atoms with Crippen LogP contribution in [0.2, 0.25) is 0 Å². The zero-order chi connectivity index (χ0) is 14.9. The summed E-state index contributed by atoms with van der Waals surface area (Å²) in [5, 5.41) is 2.65. The van der Waals surface area contributed by atoms with Crippen molar-refractivity contribution in [3.8, 4) is 0 Å². The van der Waals surface area contributed by atoms with E-state index in [1.165, 1.54) is 6.07 Å². The molecule has 1 fully saturated rings. The Morgan fingerprint density at radius 1 is 1.50 bits per heavy atom. The van der Waals surface area contributed by atoms with E-state index in [1.54, 1.807) is 11.8 Å². The molecule has 1 aromatic heterocycles. The molecule has 1 amide bonds. The van der Waals surface area contributed by atoms with Gasteiger partial charge in [0.2, 0.25) is 5.91 Å². The number of hydrogen-bond donors (Lipinski definition) is 2. The highest BCUT2D eigenvalue weighted by molar-refractivity contribution is 5.86. The lowest BCUT2D eigenvalue weighted by molar-refractivity contribution is -0.141. The van der Waals surface area contributed by atoms with Gasteiger partial charge in [-0.05, 0) is 13.0 Å². The summed E-state index contributed by atoms with van der Waals surface area (Å²) in [4.78, 5) is 16.8. The van der Waals surface area contributed by atoms with Crippen LogP contribution in [0, 0.1) is 0 Å². The van der Waals surface area contributed by atoms with Crippen molar-refractivity contribution in [2.45, 2.75) is 25.7 Å². The number of piperazine rings is 1. The van der Waals surface area contributed by atoms with E-state index in [0.717, 1.165) is 6.07 Å². The predicted molar refractivity (Wildman–Crippen MR) is 66.9 cm³/mol. The van der Waals surface area contributed by atoms with Gasteiger partial charge >= 0.3 is 6.18 Å². The number of pyridine rings is 1. The average Bonchev–Trinajstić information content (AvgIpc) is 2.40. The number of alkyl halides is 3. The van der Waals surface area contributed by atoms with Gasteiger partial charge in [0.15, 0.2) is 0 Å². The fourth-order valence-electron chi connectivity index (χ4n) is 2.11. The molecule has 0 aromatic carbocycles. The van der Waals surface area contributed by atoms with Gasteiger partial charge in [0.05, 0.1) is 0 Å². The molecule has 1 aromatic rings. The third-order valence-corrected chi connectivity index (χ3v) is 3.24. The Bertz CT molecular complexity index is 518. The van der Waals surface area contributed by atoms with Crippen LogP contribution in [-0.2, 0) is 17.5 Å². The molecule has 110 valence electrons. The monoisotopic (exact) mass is 288 g/mol. The highest BCUT2D eigenvalue weighted by Crippen LogP contribution is 2.31. The van der Waals surface area contributed by atoms with Crippen LogP contribution in [0.4, 0.5) is 19.0 Å². The summed E-state index contributed by atoms with van der Waals surface area (Å²) < 4.78 is 38.3. The summed E-state index contributed by atoms with van der Waals surface area (Å²) in [5.41, 5.74) is 5.05. The van der Waals surface area contributed by atoms with E-state index in [2.05, 4.69) is 10.3 Å². The molecule has 0 bridgehead atoms. The van der Waals surface area contributed by atoms with Gasteiger partial charge in [0.25, 0.3) is 0 Å². The Morgan fingerprint density at radius 3 is 2.80 bits per heavy atom. The van der Waals surface area contributed by atoms with E-state index in [-0.39, 0.29) is 18.3 Å². The number of nitrogens with one attached hydrogen (secondary N) is 1. The van der Waals surface area contributed by atoms with Crippen molar-refractivity contribution in [2.75, 3.05) is 18.0 Å². The van der Waals surface area contributed by atoms with Crippen molar-refractivity contribution in [3.63, 3.8) is 0 Å². The fraction of sp³-hybridized carbons (Fsp3) is 0.500. The van der Waals surface area contributed by atoms with Gasteiger partial charge in [0.1, 0.15) is 17.6 Å². The van der Waals surface area contributed by atoms with Crippen molar-refractivity contribution in [3.05, 3.63) is 23.4 Å². The highest BCUT2D eigenvalue weighted by Gasteiger charge is 2.35. The van der Waals surface area contributed by atoms with Crippen LogP contribution in [0.1, 0.15) is 18.2 Å². The van der Waals surface area contributed by atoms with Gasteiger partial charge in [-0.25, -0.2) is 4.98 Å². The number of anilines is 1. The van der Waals surface area contributed by atoms with Crippen LogP contribution in [0.25, 0.3) is 0 Å². The minimum Gasteiger partial charge on any atom is -0.353 e. The van der Waals surface area contributed by atoms with Crippen LogP contribution in [-0.4, -0.2) is 30.0 Å². The summed E-state index contributed by atoms with van der Waals surface area (Å²) in [6.07, 6.45) is -4.52. The third kappa shape index (κ3) is 2.69. The minimum absolute atomic E-state index is 0.0608. The van der Waals surface area contributed by atoms with Crippen molar-refractivity contribution in [1.82, 2.24) is 10.3 Å². The second-order valence-corrected chi connectivity index (χ2v) is 4.54. The van der Waals surface area contributed by atoms with Crippen molar-refractivity contribution in [2.24, 2.45) is 5.73 Å². The zero-order valence-electron chi connectivity index (χ0n) is 10.9. The molecule has 1 aliphatic heterocycles. The van der Waals surface area contributed by atoms with Gasteiger partial charge in [-0.2, -0.15) is 13.2 Å². The highest BCUT2D eigenvalue weighted by atomic mass is 19.4. The van der Waals surface area contributed by atoms with Crippen LogP contribution in [0.15, 0.2) is 12.1 Å². The van der Waals surface area contributed by atoms with Crippen LogP contribution < -0.4 is 16.0 Å². The first-order valence-corrected chi connectivity index (χ1v) is 6.16. The largest absolute Gasteiger partial charge is 0.433 e. The number of carbonyl (C=O) groups excluding carboxylic acids is 1. The van der Waals surface area contributed by atoms with Crippen molar-refractivity contribution >= 4 is 11.7 Å². The standard InChI is InChI=1S/C12H15F3N4O/c1-7-11(20)17-4-5-19(7)10-8(6-16)2-3-9(18-10)12(13,14)15/h2-3,7H,4-6,16H2,1H3,(H,17,20). The Hall–Kier alpha value is -1.83. The number of carbonyl (C=O) groups is 1. The number of rotatable bonds is 2. The minimum atomic E-state index is -4.52. The number of aromatic nitrogens is 1. The van der Waals surface area contributed by atoms with Crippen molar-refractivity contribution in [1.29, 1.82) is 0 Å². The molecule has 0 radical (unpaired) electrons. The number of hydrogen-bond acceptors (Lipinski definition) is 4.